The highest BCUT2D eigenvalue weighted by atomic mass is 32.1. The zero-order valence-electron chi connectivity index (χ0n) is 14.4. The summed E-state index contributed by atoms with van der Waals surface area (Å²) < 4.78 is 4.02. The third kappa shape index (κ3) is 4.77. The highest BCUT2D eigenvalue weighted by Crippen LogP contribution is 2.03. The minimum atomic E-state index is -0.0870. The van der Waals surface area contributed by atoms with Crippen molar-refractivity contribution in [3.8, 4) is 0 Å². The third-order valence-electron chi connectivity index (χ3n) is 3.95. The van der Waals surface area contributed by atoms with Crippen LogP contribution in [0.5, 0.6) is 0 Å². The second kappa shape index (κ2) is 8.92. The summed E-state index contributed by atoms with van der Waals surface area (Å²) in [4.78, 5) is 12.2. The molecule has 0 amide bonds. The molecular formula is C22H20N2OS. The van der Waals surface area contributed by atoms with Crippen molar-refractivity contribution in [3.63, 3.8) is 0 Å². The fraction of sp³-hybridized carbons (Fsp3) is 0.0909. The molecule has 0 bridgehead atoms. The molecule has 0 spiro atoms. The van der Waals surface area contributed by atoms with E-state index >= 15 is 0 Å². The summed E-state index contributed by atoms with van der Waals surface area (Å²) in [6.07, 6.45) is 9.79. The van der Waals surface area contributed by atoms with Crippen LogP contribution in [0.1, 0.15) is 11.1 Å². The zero-order valence-corrected chi connectivity index (χ0v) is 15.2. The Balaban J connectivity index is 1.74. The Hall–Kier alpha value is -2.98. The van der Waals surface area contributed by atoms with E-state index in [9.17, 15) is 4.79 Å². The van der Waals surface area contributed by atoms with E-state index in [2.05, 4.69) is 0 Å². The molecule has 0 N–H and O–H groups in total. The number of hydrogen-bond donors (Lipinski definition) is 0. The molecule has 0 fully saturated rings. The van der Waals surface area contributed by atoms with E-state index < -0.39 is 0 Å². The van der Waals surface area contributed by atoms with Crippen molar-refractivity contribution in [2.24, 2.45) is 0 Å². The van der Waals surface area contributed by atoms with Crippen LogP contribution >= 0.6 is 12.2 Å². The highest BCUT2D eigenvalue weighted by molar-refractivity contribution is 7.71. The minimum absolute atomic E-state index is 0.0870. The lowest BCUT2D eigenvalue weighted by atomic mass is 10.2. The molecule has 0 saturated carbocycles. The van der Waals surface area contributed by atoms with Gasteiger partial charge in [0.2, 0.25) is 0 Å². The summed E-state index contributed by atoms with van der Waals surface area (Å²) in [6, 6.07) is 21.6. The third-order valence-corrected chi connectivity index (χ3v) is 4.40. The van der Waals surface area contributed by atoms with E-state index in [4.69, 9.17) is 12.2 Å². The van der Waals surface area contributed by atoms with Crippen LogP contribution in [0.15, 0.2) is 89.9 Å². The molecule has 0 radical (unpaired) electrons. The Morgan fingerprint density at radius 3 is 1.88 bits per heavy atom. The van der Waals surface area contributed by atoms with Crippen molar-refractivity contribution in [3.05, 3.63) is 111 Å². The number of nitrogens with zero attached hydrogens (tertiary/aromatic N) is 2. The van der Waals surface area contributed by atoms with Crippen LogP contribution in [-0.4, -0.2) is 9.13 Å². The Labute approximate surface area is 158 Å². The van der Waals surface area contributed by atoms with E-state index in [0.717, 1.165) is 11.1 Å². The molecule has 4 heteroatoms. The molecule has 0 aliphatic heterocycles. The Kier molecular flexibility index (Phi) is 6.12. The molecule has 130 valence electrons. The molecule has 0 aliphatic carbocycles. The van der Waals surface area contributed by atoms with Gasteiger partial charge in [-0.05, 0) is 23.3 Å². The first-order valence-electron chi connectivity index (χ1n) is 8.47. The standard InChI is InChI=1S/C22H20N2OS/c25-21-15-18-23(16-7-13-19-9-3-1-4-10-19)22(26)24(21)17-8-14-20-11-5-2-6-12-20/h1-15,18H,16-17H2/b13-7+,14-8-. The van der Waals surface area contributed by atoms with E-state index in [1.807, 2.05) is 89.5 Å². The predicted octanol–water partition coefficient (Wildman–Crippen LogP) is 4.81. The van der Waals surface area contributed by atoms with E-state index in [1.54, 1.807) is 16.8 Å². The molecule has 3 aromatic rings. The van der Waals surface area contributed by atoms with Crippen molar-refractivity contribution in [2.75, 3.05) is 0 Å². The van der Waals surface area contributed by atoms with Crippen LogP contribution in [0.3, 0.4) is 0 Å². The molecule has 1 aromatic heterocycles. The van der Waals surface area contributed by atoms with Gasteiger partial charge < -0.3 is 4.57 Å². The molecule has 0 saturated heterocycles. The highest BCUT2D eigenvalue weighted by Gasteiger charge is 1.99. The molecular weight excluding hydrogens is 340 g/mol. The summed E-state index contributed by atoms with van der Waals surface area (Å²) in [5, 5.41) is 0. The van der Waals surface area contributed by atoms with Crippen molar-refractivity contribution in [1.82, 2.24) is 9.13 Å². The number of hydrogen-bond acceptors (Lipinski definition) is 2. The maximum Gasteiger partial charge on any atom is 0.254 e. The number of aromatic nitrogens is 2. The van der Waals surface area contributed by atoms with Crippen LogP contribution in [0.25, 0.3) is 12.2 Å². The zero-order chi connectivity index (χ0) is 18.2. The van der Waals surface area contributed by atoms with Gasteiger partial charge in [-0.3, -0.25) is 9.36 Å². The maximum absolute atomic E-state index is 12.2. The molecule has 3 rings (SSSR count). The van der Waals surface area contributed by atoms with Crippen molar-refractivity contribution in [1.29, 1.82) is 0 Å². The molecule has 2 aromatic carbocycles. The molecule has 1 heterocycles. The average Bonchev–Trinajstić information content (AvgIpc) is 2.68. The van der Waals surface area contributed by atoms with Crippen LogP contribution in [-0.2, 0) is 13.1 Å². The van der Waals surface area contributed by atoms with Gasteiger partial charge in [0, 0.05) is 25.4 Å². The summed E-state index contributed by atoms with van der Waals surface area (Å²) in [5.41, 5.74) is 2.15. The first-order valence-corrected chi connectivity index (χ1v) is 8.88. The number of benzene rings is 2. The van der Waals surface area contributed by atoms with E-state index in [1.165, 1.54) is 0 Å². The first kappa shape index (κ1) is 17.8. The summed E-state index contributed by atoms with van der Waals surface area (Å²) in [7, 11) is 0. The van der Waals surface area contributed by atoms with Gasteiger partial charge in [-0.1, -0.05) is 85.0 Å². The van der Waals surface area contributed by atoms with E-state index in [0.29, 0.717) is 17.9 Å². The van der Waals surface area contributed by atoms with Crippen molar-refractivity contribution >= 4 is 24.4 Å². The van der Waals surface area contributed by atoms with Gasteiger partial charge in [-0.25, -0.2) is 0 Å². The second-order valence-corrected chi connectivity index (χ2v) is 6.19. The van der Waals surface area contributed by atoms with Crippen LogP contribution < -0.4 is 5.56 Å². The van der Waals surface area contributed by atoms with Gasteiger partial charge in [-0.2, -0.15) is 0 Å². The number of rotatable bonds is 6. The minimum Gasteiger partial charge on any atom is -0.321 e. The largest absolute Gasteiger partial charge is 0.321 e. The van der Waals surface area contributed by atoms with Gasteiger partial charge >= 0.3 is 0 Å². The van der Waals surface area contributed by atoms with E-state index in [-0.39, 0.29) is 5.56 Å². The Bertz CT molecular complexity index is 1020. The van der Waals surface area contributed by atoms with Gasteiger partial charge in [0.15, 0.2) is 4.77 Å². The van der Waals surface area contributed by atoms with Crippen molar-refractivity contribution in [2.45, 2.75) is 13.1 Å². The van der Waals surface area contributed by atoms with Gasteiger partial charge in [0.25, 0.3) is 5.56 Å². The summed E-state index contributed by atoms with van der Waals surface area (Å²) in [6.45, 7) is 1.08. The SMILES string of the molecule is O=c1ccn(C/C=C/c2ccccc2)c(=S)n1C/C=C\c1ccccc1. The summed E-state index contributed by atoms with van der Waals surface area (Å²) >= 11 is 5.50. The molecule has 0 unspecified atom stereocenters. The topological polar surface area (TPSA) is 26.9 Å². The lowest BCUT2D eigenvalue weighted by molar-refractivity contribution is 0.653. The fourth-order valence-corrected chi connectivity index (χ4v) is 2.89. The number of allylic oxidation sites excluding steroid dienone is 2. The molecule has 0 atom stereocenters. The van der Waals surface area contributed by atoms with Crippen LogP contribution in [0.4, 0.5) is 0 Å². The lowest BCUT2D eigenvalue weighted by Gasteiger charge is -2.08. The fourth-order valence-electron chi connectivity index (χ4n) is 2.59. The van der Waals surface area contributed by atoms with Crippen LogP contribution in [0, 0.1) is 4.77 Å². The van der Waals surface area contributed by atoms with Gasteiger partial charge in [-0.15, -0.1) is 0 Å². The normalized spacial score (nSPS) is 11.4. The second-order valence-electron chi connectivity index (χ2n) is 5.83. The Morgan fingerprint density at radius 2 is 1.31 bits per heavy atom. The van der Waals surface area contributed by atoms with Crippen LogP contribution in [0.2, 0.25) is 0 Å². The molecule has 0 aliphatic rings. The maximum atomic E-state index is 12.2. The quantitative estimate of drug-likeness (QED) is 0.590. The smallest absolute Gasteiger partial charge is 0.254 e. The van der Waals surface area contributed by atoms with Crippen molar-refractivity contribution < 1.29 is 0 Å². The average molecular weight is 360 g/mol. The lowest BCUT2D eigenvalue weighted by Crippen LogP contribution is -2.23. The Morgan fingerprint density at radius 1 is 0.769 bits per heavy atom. The van der Waals surface area contributed by atoms with Gasteiger partial charge in [0.1, 0.15) is 0 Å². The van der Waals surface area contributed by atoms with Gasteiger partial charge in [0.05, 0.1) is 0 Å². The first-order chi connectivity index (χ1) is 12.7. The summed E-state index contributed by atoms with van der Waals surface area (Å²) in [5.74, 6) is 0. The molecule has 3 nitrogen and oxygen atoms in total. The predicted molar refractivity (Wildman–Crippen MR) is 110 cm³/mol. The molecule has 26 heavy (non-hydrogen) atoms. The monoisotopic (exact) mass is 360 g/mol.